The number of carbonyl (C=O) groups excluding carboxylic acids is 1. The Bertz CT molecular complexity index is 915. The van der Waals surface area contributed by atoms with Gasteiger partial charge in [-0.1, -0.05) is 18.2 Å². The topological polar surface area (TPSA) is 59.6 Å². The third kappa shape index (κ3) is 5.16. The summed E-state index contributed by atoms with van der Waals surface area (Å²) in [7, 11) is 0. The number of fused-ring (bicyclic) bond motifs is 1. The summed E-state index contributed by atoms with van der Waals surface area (Å²) in [6.45, 7) is 3.65. The van der Waals surface area contributed by atoms with E-state index in [0.29, 0.717) is 18.1 Å². The predicted octanol–water partition coefficient (Wildman–Crippen LogP) is 4.00. The van der Waals surface area contributed by atoms with Crippen molar-refractivity contribution in [1.82, 2.24) is 10.6 Å². The first-order chi connectivity index (χ1) is 15.7. The maximum absolute atomic E-state index is 12.8. The van der Waals surface area contributed by atoms with Gasteiger partial charge in [0, 0.05) is 24.8 Å². The van der Waals surface area contributed by atoms with Crippen molar-refractivity contribution in [1.29, 1.82) is 0 Å². The monoisotopic (exact) mass is 434 g/mol. The van der Waals surface area contributed by atoms with E-state index >= 15 is 0 Å². The molecule has 0 bridgehead atoms. The number of ether oxygens (including phenoxy) is 2. The molecule has 0 saturated carbocycles. The summed E-state index contributed by atoms with van der Waals surface area (Å²) in [5.41, 5.74) is 5.00. The lowest BCUT2D eigenvalue weighted by Crippen LogP contribution is -2.38. The van der Waals surface area contributed by atoms with Gasteiger partial charge in [-0.25, -0.2) is 0 Å². The third-order valence-corrected chi connectivity index (χ3v) is 7.14. The molecule has 5 heteroatoms. The van der Waals surface area contributed by atoms with Gasteiger partial charge >= 0.3 is 0 Å². The van der Waals surface area contributed by atoms with Crippen LogP contribution in [0.25, 0.3) is 0 Å². The van der Waals surface area contributed by atoms with Gasteiger partial charge in [-0.05, 0) is 98.4 Å². The van der Waals surface area contributed by atoms with E-state index in [4.69, 9.17) is 9.47 Å². The molecule has 0 spiro atoms. The Morgan fingerprint density at radius 1 is 1.06 bits per heavy atom. The van der Waals surface area contributed by atoms with E-state index < -0.39 is 0 Å². The molecule has 5 nitrogen and oxygen atoms in total. The summed E-state index contributed by atoms with van der Waals surface area (Å²) in [5, 5.41) is 6.76. The van der Waals surface area contributed by atoms with Crippen molar-refractivity contribution in [2.75, 3.05) is 26.3 Å². The Balaban J connectivity index is 1.14. The lowest BCUT2D eigenvalue weighted by molar-refractivity contribution is 0.0679. The molecule has 3 aliphatic rings. The van der Waals surface area contributed by atoms with Gasteiger partial charge in [-0.3, -0.25) is 4.79 Å². The van der Waals surface area contributed by atoms with Crippen LogP contribution in [0.1, 0.15) is 65.1 Å². The highest BCUT2D eigenvalue weighted by Gasteiger charge is 2.23. The van der Waals surface area contributed by atoms with Crippen molar-refractivity contribution in [3.63, 3.8) is 0 Å². The molecule has 1 amide bonds. The van der Waals surface area contributed by atoms with Gasteiger partial charge < -0.3 is 20.1 Å². The Kier molecular flexibility index (Phi) is 6.75. The minimum Gasteiger partial charge on any atom is -0.491 e. The maximum atomic E-state index is 12.8. The molecule has 2 saturated heterocycles. The molecule has 32 heavy (non-hydrogen) atoms. The summed E-state index contributed by atoms with van der Waals surface area (Å²) in [4.78, 5) is 12.8. The number of hydrogen-bond donors (Lipinski definition) is 2. The van der Waals surface area contributed by atoms with E-state index in [1.54, 1.807) is 0 Å². The molecule has 2 aromatic carbocycles. The van der Waals surface area contributed by atoms with E-state index in [9.17, 15) is 4.79 Å². The van der Waals surface area contributed by atoms with Crippen LogP contribution in [0.3, 0.4) is 0 Å². The highest BCUT2D eigenvalue weighted by atomic mass is 16.5. The first kappa shape index (κ1) is 21.5. The molecule has 2 fully saturated rings. The SMILES string of the molecule is O=C(N[C@@H]1CCc2cc([C@@H]3CCCNC3)ccc2C1)c1ccc(OC[C@@H]2CCCO2)cc1. The maximum Gasteiger partial charge on any atom is 0.251 e. The molecular weight excluding hydrogens is 400 g/mol. The Morgan fingerprint density at radius 2 is 1.97 bits per heavy atom. The molecule has 2 heterocycles. The Morgan fingerprint density at radius 3 is 2.75 bits per heavy atom. The highest BCUT2D eigenvalue weighted by Crippen LogP contribution is 2.29. The summed E-state index contributed by atoms with van der Waals surface area (Å²) < 4.78 is 11.4. The van der Waals surface area contributed by atoms with E-state index in [1.165, 1.54) is 29.5 Å². The average molecular weight is 435 g/mol. The summed E-state index contributed by atoms with van der Waals surface area (Å²) >= 11 is 0. The number of carbonyl (C=O) groups is 1. The minimum atomic E-state index is -0.00553. The van der Waals surface area contributed by atoms with Gasteiger partial charge in [0.05, 0.1) is 6.10 Å². The van der Waals surface area contributed by atoms with Crippen LogP contribution in [-0.2, 0) is 17.6 Å². The summed E-state index contributed by atoms with van der Waals surface area (Å²) in [5.74, 6) is 1.42. The zero-order valence-corrected chi connectivity index (χ0v) is 18.8. The molecule has 2 aliphatic heterocycles. The molecule has 2 N–H and O–H groups in total. The summed E-state index contributed by atoms with van der Waals surface area (Å²) in [6, 6.07) is 14.6. The zero-order chi connectivity index (χ0) is 21.8. The second-order valence-corrected chi connectivity index (χ2v) is 9.46. The van der Waals surface area contributed by atoms with Crippen LogP contribution in [0, 0.1) is 0 Å². The number of rotatable bonds is 6. The quantitative estimate of drug-likeness (QED) is 0.722. The van der Waals surface area contributed by atoms with E-state index in [1.807, 2.05) is 24.3 Å². The number of benzene rings is 2. The molecule has 170 valence electrons. The Hall–Kier alpha value is -2.37. The first-order valence-electron chi connectivity index (χ1n) is 12.2. The molecule has 0 aromatic heterocycles. The van der Waals surface area contributed by atoms with Crippen molar-refractivity contribution >= 4 is 5.91 Å². The number of aryl methyl sites for hydroxylation is 1. The average Bonchev–Trinajstić information content (AvgIpc) is 3.37. The third-order valence-electron chi connectivity index (χ3n) is 7.14. The van der Waals surface area contributed by atoms with E-state index in [2.05, 4.69) is 28.8 Å². The fraction of sp³-hybridized carbons (Fsp3) is 0.519. The van der Waals surface area contributed by atoms with Crippen LogP contribution in [0.4, 0.5) is 0 Å². The second kappa shape index (κ2) is 10.1. The molecule has 3 atom stereocenters. The number of hydrogen-bond acceptors (Lipinski definition) is 4. The van der Waals surface area contributed by atoms with Gasteiger partial charge in [-0.15, -0.1) is 0 Å². The van der Waals surface area contributed by atoms with Gasteiger partial charge in [-0.2, -0.15) is 0 Å². The lowest BCUT2D eigenvalue weighted by Gasteiger charge is -2.28. The van der Waals surface area contributed by atoms with Crippen molar-refractivity contribution in [3.8, 4) is 5.75 Å². The number of piperidine rings is 1. The Labute approximate surface area is 190 Å². The van der Waals surface area contributed by atoms with Crippen molar-refractivity contribution in [2.24, 2.45) is 0 Å². The smallest absolute Gasteiger partial charge is 0.251 e. The molecule has 2 aromatic rings. The second-order valence-electron chi connectivity index (χ2n) is 9.46. The zero-order valence-electron chi connectivity index (χ0n) is 18.8. The predicted molar refractivity (Wildman–Crippen MR) is 125 cm³/mol. The van der Waals surface area contributed by atoms with Crippen LogP contribution in [-0.4, -0.2) is 44.4 Å². The normalized spacial score (nSPS) is 25.2. The van der Waals surface area contributed by atoms with Crippen LogP contribution >= 0.6 is 0 Å². The summed E-state index contributed by atoms with van der Waals surface area (Å²) in [6.07, 6.45) is 7.84. The number of nitrogens with one attached hydrogen (secondary N) is 2. The van der Waals surface area contributed by atoms with E-state index in [0.717, 1.165) is 57.6 Å². The first-order valence-corrected chi connectivity index (χ1v) is 12.2. The molecule has 0 unspecified atom stereocenters. The van der Waals surface area contributed by atoms with Crippen molar-refractivity contribution in [3.05, 3.63) is 64.7 Å². The highest BCUT2D eigenvalue weighted by molar-refractivity contribution is 5.94. The van der Waals surface area contributed by atoms with Crippen LogP contribution in [0.2, 0.25) is 0 Å². The molecule has 0 radical (unpaired) electrons. The molecule has 5 rings (SSSR count). The molecular formula is C27H34N2O3. The van der Waals surface area contributed by atoms with Crippen molar-refractivity contribution < 1.29 is 14.3 Å². The van der Waals surface area contributed by atoms with Crippen LogP contribution in [0.5, 0.6) is 5.75 Å². The van der Waals surface area contributed by atoms with Gasteiger partial charge in [0.25, 0.3) is 5.91 Å². The number of amides is 1. The van der Waals surface area contributed by atoms with Crippen LogP contribution in [0.15, 0.2) is 42.5 Å². The standard InChI is InChI=1S/C27H34N2O3/c30-27(19-8-11-25(12-9-19)32-18-26-4-2-14-31-26)29-24-10-7-20-15-21(5-6-22(20)16-24)23-3-1-13-28-17-23/h5-6,8-9,11-12,15,23-24,26,28H,1-4,7,10,13-14,16-18H2,(H,29,30)/t23-,24-,26+/m1/s1. The lowest BCUT2D eigenvalue weighted by atomic mass is 9.83. The van der Waals surface area contributed by atoms with Gasteiger partial charge in [0.1, 0.15) is 12.4 Å². The largest absolute Gasteiger partial charge is 0.491 e. The van der Waals surface area contributed by atoms with Crippen molar-refractivity contribution in [2.45, 2.75) is 63.0 Å². The van der Waals surface area contributed by atoms with Gasteiger partial charge in [0.15, 0.2) is 0 Å². The minimum absolute atomic E-state index is 0.00553. The van der Waals surface area contributed by atoms with E-state index in [-0.39, 0.29) is 18.1 Å². The van der Waals surface area contributed by atoms with Gasteiger partial charge in [0.2, 0.25) is 0 Å². The molecule has 1 aliphatic carbocycles. The fourth-order valence-electron chi connectivity index (χ4n) is 5.22. The van der Waals surface area contributed by atoms with Crippen LogP contribution < -0.4 is 15.4 Å². The fourth-order valence-corrected chi connectivity index (χ4v) is 5.22.